The second-order valence-corrected chi connectivity index (χ2v) is 6.84. The zero-order valence-corrected chi connectivity index (χ0v) is 14.4. The van der Waals surface area contributed by atoms with Gasteiger partial charge in [-0.25, -0.2) is 9.18 Å². The zero-order chi connectivity index (χ0) is 17.6. The van der Waals surface area contributed by atoms with E-state index in [2.05, 4.69) is 10.6 Å². The van der Waals surface area contributed by atoms with Crippen molar-refractivity contribution in [3.8, 4) is 0 Å². The summed E-state index contributed by atoms with van der Waals surface area (Å²) >= 11 is 0. The van der Waals surface area contributed by atoms with Crippen LogP contribution in [0.1, 0.15) is 25.7 Å². The predicted molar refractivity (Wildman–Crippen MR) is 93.1 cm³/mol. The van der Waals surface area contributed by atoms with Crippen LogP contribution in [0, 0.1) is 5.82 Å². The van der Waals surface area contributed by atoms with E-state index < -0.39 is 0 Å². The molecule has 0 bridgehead atoms. The summed E-state index contributed by atoms with van der Waals surface area (Å²) in [5.41, 5.74) is 0.657. The van der Waals surface area contributed by atoms with Gasteiger partial charge in [0.15, 0.2) is 0 Å². The summed E-state index contributed by atoms with van der Waals surface area (Å²) in [4.78, 5) is 27.3. The molecule has 2 heterocycles. The normalized spacial score (nSPS) is 20.9. The number of rotatable bonds is 6. The minimum Gasteiger partial charge on any atom is -0.338 e. The maximum Gasteiger partial charge on any atom is 0.315 e. The lowest BCUT2D eigenvalue weighted by molar-refractivity contribution is -0.887. The first-order valence-electron chi connectivity index (χ1n) is 9.05. The van der Waals surface area contributed by atoms with Gasteiger partial charge in [-0.15, -0.1) is 0 Å². The smallest absolute Gasteiger partial charge is 0.315 e. The summed E-state index contributed by atoms with van der Waals surface area (Å²) in [5.74, 6) is -0.394. The zero-order valence-electron chi connectivity index (χ0n) is 14.4. The van der Waals surface area contributed by atoms with E-state index in [1.807, 2.05) is 0 Å². The molecule has 3 N–H and O–H groups in total. The van der Waals surface area contributed by atoms with Gasteiger partial charge in [-0.1, -0.05) is 0 Å². The lowest BCUT2D eigenvalue weighted by atomic mass is 10.2. The van der Waals surface area contributed by atoms with E-state index in [4.69, 9.17) is 0 Å². The van der Waals surface area contributed by atoms with Gasteiger partial charge in [0, 0.05) is 44.5 Å². The molecule has 3 amide bonds. The fraction of sp³-hybridized carbons (Fsp3) is 0.556. The fourth-order valence-corrected chi connectivity index (χ4v) is 3.58. The number of hydrogen-bond acceptors (Lipinski definition) is 2. The van der Waals surface area contributed by atoms with E-state index >= 15 is 0 Å². The quantitative estimate of drug-likeness (QED) is 0.647. The van der Waals surface area contributed by atoms with Crippen molar-refractivity contribution < 1.29 is 18.9 Å². The van der Waals surface area contributed by atoms with Crippen molar-refractivity contribution in [2.75, 3.05) is 37.6 Å². The van der Waals surface area contributed by atoms with Gasteiger partial charge in [-0.2, -0.15) is 0 Å². The van der Waals surface area contributed by atoms with Crippen LogP contribution in [0.5, 0.6) is 0 Å². The standard InChI is InChI=1S/C18H25FN4O2/c19-14-4-6-16(7-5-14)23-13-15(12-17(23)24)21-18(25)20-8-3-11-22-9-1-2-10-22/h4-7,15H,1-3,8-13H2,(H2,20,21,25)/p+1/t15-/m1/s1. The third-order valence-electron chi connectivity index (χ3n) is 4.90. The van der Waals surface area contributed by atoms with Crippen LogP contribution in [0.15, 0.2) is 24.3 Å². The number of nitrogens with zero attached hydrogens (tertiary/aromatic N) is 1. The van der Waals surface area contributed by atoms with Crippen LogP contribution in [0.4, 0.5) is 14.9 Å². The first kappa shape index (κ1) is 17.7. The fourth-order valence-electron chi connectivity index (χ4n) is 3.58. The minimum absolute atomic E-state index is 0.0606. The molecule has 2 fully saturated rings. The second-order valence-electron chi connectivity index (χ2n) is 6.84. The van der Waals surface area contributed by atoms with Crippen LogP contribution >= 0.6 is 0 Å². The second kappa shape index (κ2) is 8.29. The number of halogens is 1. The molecule has 1 atom stereocenters. The maximum atomic E-state index is 13.0. The number of benzene rings is 1. The molecule has 136 valence electrons. The van der Waals surface area contributed by atoms with Crippen molar-refractivity contribution in [3.63, 3.8) is 0 Å². The molecule has 2 aliphatic heterocycles. The molecule has 0 spiro atoms. The van der Waals surface area contributed by atoms with Gasteiger partial charge in [0.05, 0.1) is 25.7 Å². The Morgan fingerprint density at radius 2 is 1.96 bits per heavy atom. The van der Waals surface area contributed by atoms with Gasteiger partial charge in [0.25, 0.3) is 0 Å². The highest BCUT2D eigenvalue weighted by Crippen LogP contribution is 2.21. The van der Waals surface area contributed by atoms with Crippen molar-refractivity contribution in [2.45, 2.75) is 31.7 Å². The van der Waals surface area contributed by atoms with Gasteiger partial charge in [0.1, 0.15) is 5.82 Å². The summed E-state index contributed by atoms with van der Waals surface area (Å²) in [6.07, 6.45) is 3.85. The third-order valence-corrected chi connectivity index (χ3v) is 4.90. The van der Waals surface area contributed by atoms with E-state index in [0.29, 0.717) is 18.8 Å². The highest BCUT2D eigenvalue weighted by Gasteiger charge is 2.31. The van der Waals surface area contributed by atoms with Crippen molar-refractivity contribution in [2.24, 2.45) is 0 Å². The van der Waals surface area contributed by atoms with Crippen LogP contribution in [0.2, 0.25) is 0 Å². The van der Waals surface area contributed by atoms with E-state index in [1.165, 1.54) is 38.1 Å². The Kier molecular flexibility index (Phi) is 5.86. The number of likely N-dealkylation sites (tertiary alicyclic amines) is 1. The predicted octanol–water partition coefficient (Wildman–Crippen LogP) is 0.299. The van der Waals surface area contributed by atoms with Crippen LogP contribution in [-0.2, 0) is 4.79 Å². The first-order chi connectivity index (χ1) is 12.1. The topological polar surface area (TPSA) is 65.9 Å². The monoisotopic (exact) mass is 349 g/mol. The van der Waals surface area contributed by atoms with Crippen molar-refractivity contribution >= 4 is 17.6 Å². The molecule has 6 nitrogen and oxygen atoms in total. The summed E-state index contributed by atoms with van der Waals surface area (Å²) in [6.45, 7) is 4.65. The van der Waals surface area contributed by atoms with E-state index in [-0.39, 0.29) is 30.2 Å². The molecule has 0 unspecified atom stereocenters. The van der Waals surface area contributed by atoms with Crippen LogP contribution in [-0.4, -0.2) is 50.7 Å². The highest BCUT2D eigenvalue weighted by atomic mass is 19.1. The van der Waals surface area contributed by atoms with Gasteiger partial charge in [-0.05, 0) is 24.3 Å². The van der Waals surface area contributed by atoms with Crippen LogP contribution in [0.25, 0.3) is 0 Å². The third kappa shape index (κ3) is 4.92. The number of hydrogen-bond donors (Lipinski definition) is 3. The summed E-state index contributed by atoms with van der Waals surface area (Å²) in [7, 11) is 0. The van der Waals surface area contributed by atoms with Gasteiger partial charge < -0.3 is 20.4 Å². The molecule has 7 heteroatoms. The molecule has 2 aliphatic rings. The molecular formula is C18H26FN4O2+. The average Bonchev–Trinajstić information content (AvgIpc) is 3.22. The number of anilines is 1. The Morgan fingerprint density at radius 3 is 2.68 bits per heavy atom. The number of quaternary nitrogens is 1. The molecule has 0 saturated carbocycles. The Labute approximate surface area is 147 Å². The van der Waals surface area contributed by atoms with Crippen LogP contribution in [0.3, 0.4) is 0 Å². The molecule has 2 saturated heterocycles. The van der Waals surface area contributed by atoms with Crippen molar-refractivity contribution in [1.82, 2.24) is 10.6 Å². The molecule has 1 aromatic carbocycles. The number of carbonyl (C=O) groups is 2. The summed E-state index contributed by atoms with van der Waals surface area (Å²) in [6, 6.07) is 5.38. The average molecular weight is 349 g/mol. The van der Waals surface area contributed by atoms with Gasteiger partial charge >= 0.3 is 6.03 Å². The molecule has 25 heavy (non-hydrogen) atoms. The maximum absolute atomic E-state index is 13.0. The summed E-state index contributed by atoms with van der Waals surface area (Å²) < 4.78 is 13.0. The minimum atomic E-state index is -0.333. The largest absolute Gasteiger partial charge is 0.338 e. The van der Waals surface area contributed by atoms with Crippen molar-refractivity contribution in [3.05, 3.63) is 30.1 Å². The Hall–Kier alpha value is -2.15. The highest BCUT2D eigenvalue weighted by molar-refractivity contribution is 5.96. The Balaban J connectivity index is 1.38. The number of urea groups is 1. The van der Waals surface area contributed by atoms with Crippen molar-refractivity contribution in [1.29, 1.82) is 0 Å². The molecule has 0 aromatic heterocycles. The number of carbonyl (C=O) groups excluding carboxylic acids is 2. The van der Waals surface area contributed by atoms with E-state index in [0.717, 1.165) is 13.0 Å². The number of nitrogens with one attached hydrogen (secondary N) is 3. The molecule has 0 radical (unpaired) electrons. The first-order valence-corrected chi connectivity index (χ1v) is 9.05. The Morgan fingerprint density at radius 1 is 1.24 bits per heavy atom. The molecule has 3 rings (SSSR count). The number of amides is 3. The Bertz CT molecular complexity index is 602. The summed E-state index contributed by atoms with van der Waals surface area (Å²) in [5, 5.41) is 5.72. The SMILES string of the molecule is O=C(NCCC[NH+]1CCCC1)N[C@@H]1CC(=O)N(c2ccc(F)cc2)C1. The molecule has 0 aliphatic carbocycles. The lowest BCUT2D eigenvalue weighted by Crippen LogP contribution is -3.10. The van der Waals surface area contributed by atoms with E-state index in [1.54, 1.807) is 21.9 Å². The van der Waals surface area contributed by atoms with E-state index in [9.17, 15) is 14.0 Å². The molecular weight excluding hydrogens is 323 g/mol. The lowest BCUT2D eigenvalue weighted by Gasteiger charge is -2.17. The van der Waals surface area contributed by atoms with Crippen LogP contribution < -0.4 is 20.4 Å². The molecule has 1 aromatic rings. The van der Waals surface area contributed by atoms with Gasteiger partial charge in [-0.3, -0.25) is 4.79 Å². The van der Waals surface area contributed by atoms with Gasteiger partial charge in [0.2, 0.25) is 5.91 Å².